The lowest BCUT2D eigenvalue weighted by Gasteiger charge is -2.22. The van der Waals surface area contributed by atoms with Gasteiger partial charge in [-0.3, -0.25) is 9.59 Å². The number of carbonyl (C=O) groups excluding carboxylic acids is 4. The van der Waals surface area contributed by atoms with Gasteiger partial charge >= 0.3 is 12.1 Å². The van der Waals surface area contributed by atoms with Crippen molar-refractivity contribution in [2.75, 3.05) is 18.9 Å². The van der Waals surface area contributed by atoms with Crippen molar-refractivity contribution in [1.29, 1.82) is 0 Å². The summed E-state index contributed by atoms with van der Waals surface area (Å²) < 4.78 is 10.0. The summed E-state index contributed by atoms with van der Waals surface area (Å²) >= 11 is 1.12. The van der Waals surface area contributed by atoms with Crippen molar-refractivity contribution in [1.82, 2.24) is 10.6 Å². The van der Waals surface area contributed by atoms with Crippen molar-refractivity contribution in [3.05, 3.63) is 0 Å². The van der Waals surface area contributed by atoms with E-state index in [4.69, 9.17) is 9.47 Å². The molecule has 0 aromatic heterocycles. The van der Waals surface area contributed by atoms with Gasteiger partial charge in [0.1, 0.15) is 11.6 Å². The first kappa shape index (κ1) is 23.2. The van der Waals surface area contributed by atoms with E-state index in [1.54, 1.807) is 27.7 Å². The second-order valence-electron chi connectivity index (χ2n) is 6.18. The number of carbonyl (C=O) groups is 4. The molecule has 8 nitrogen and oxygen atoms in total. The Morgan fingerprint density at radius 1 is 1.16 bits per heavy atom. The van der Waals surface area contributed by atoms with Crippen LogP contribution in [-0.4, -0.2) is 53.6 Å². The van der Waals surface area contributed by atoms with Crippen LogP contribution in [0.25, 0.3) is 0 Å². The van der Waals surface area contributed by atoms with Crippen LogP contribution in [0.2, 0.25) is 0 Å². The van der Waals surface area contributed by atoms with Crippen LogP contribution in [-0.2, 0) is 23.9 Å². The number of alkyl carbamates (subject to hydrolysis) is 1. The normalized spacial score (nSPS) is 12.0. The lowest BCUT2D eigenvalue weighted by atomic mass is 10.1. The highest BCUT2D eigenvalue weighted by Gasteiger charge is 2.25. The van der Waals surface area contributed by atoms with Crippen molar-refractivity contribution in [2.45, 2.75) is 59.1 Å². The number of rotatable bonds is 9. The maximum atomic E-state index is 11.9. The van der Waals surface area contributed by atoms with Gasteiger partial charge in [0.2, 0.25) is 5.91 Å². The van der Waals surface area contributed by atoms with Crippen molar-refractivity contribution in [2.24, 2.45) is 0 Å². The Labute approximate surface area is 152 Å². The first-order valence-corrected chi connectivity index (χ1v) is 9.10. The van der Waals surface area contributed by atoms with Crippen molar-refractivity contribution >= 4 is 34.8 Å². The van der Waals surface area contributed by atoms with E-state index in [2.05, 4.69) is 10.6 Å². The predicted octanol–water partition coefficient (Wildman–Crippen LogP) is 1.62. The molecule has 0 rings (SSSR count). The zero-order valence-electron chi connectivity index (χ0n) is 15.5. The fourth-order valence-electron chi connectivity index (χ4n) is 1.69. The molecule has 1 unspecified atom stereocenters. The van der Waals surface area contributed by atoms with Gasteiger partial charge < -0.3 is 20.1 Å². The summed E-state index contributed by atoms with van der Waals surface area (Å²) in [4.78, 5) is 46.3. The topological polar surface area (TPSA) is 111 Å². The summed E-state index contributed by atoms with van der Waals surface area (Å²) in [7, 11) is 0. The van der Waals surface area contributed by atoms with Crippen LogP contribution in [0.15, 0.2) is 0 Å². The van der Waals surface area contributed by atoms with E-state index in [-0.39, 0.29) is 30.5 Å². The number of hydrogen-bond donors (Lipinski definition) is 2. The minimum absolute atomic E-state index is 0.0156. The molecule has 0 aromatic carbocycles. The third kappa shape index (κ3) is 13.2. The summed E-state index contributed by atoms with van der Waals surface area (Å²) in [5, 5.41) is 5.06. The molecule has 0 bridgehead atoms. The smallest absolute Gasteiger partial charge is 0.408 e. The second kappa shape index (κ2) is 11.7. The average molecular weight is 376 g/mol. The molecule has 2 amide bonds. The number of thioether (sulfide) groups is 1. The fraction of sp³-hybridized carbons (Fsp3) is 0.750. The molecular formula is C16H28N2O6S. The number of amides is 2. The van der Waals surface area contributed by atoms with Gasteiger partial charge in [0.15, 0.2) is 5.12 Å². The summed E-state index contributed by atoms with van der Waals surface area (Å²) in [6.07, 6.45) is -0.628. The molecule has 0 aliphatic rings. The van der Waals surface area contributed by atoms with Gasteiger partial charge in [0.05, 0.1) is 6.61 Å². The lowest BCUT2D eigenvalue weighted by Crippen LogP contribution is -2.45. The van der Waals surface area contributed by atoms with E-state index in [0.717, 1.165) is 11.8 Å². The van der Waals surface area contributed by atoms with E-state index in [1.807, 2.05) is 0 Å². The Hall–Kier alpha value is -1.77. The molecule has 0 aliphatic carbocycles. The van der Waals surface area contributed by atoms with E-state index < -0.39 is 23.7 Å². The van der Waals surface area contributed by atoms with Gasteiger partial charge in [-0.15, -0.1) is 0 Å². The van der Waals surface area contributed by atoms with Gasteiger partial charge in [-0.1, -0.05) is 11.8 Å². The molecule has 144 valence electrons. The minimum atomic E-state index is -0.966. The largest absolute Gasteiger partial charge is 0.464 e. The van der Waals surface area contributed by atoms with Crippen LogP contribution in [0, 0.1) is 0 Å². The van der Waals surface area contributed by atoms with Crippen LogP contribution >= 0.6 is 11.8 Å². The monoisotopic (exact) mass is 376 g/mol. The van der Waals surface area contributed by atoms with Crippen molar-refractivity contribution in [3.63, 3.8) is 0 Å². The van der Waals surface area contributed by atoms with Crippen LogP contribution in [0.3, 0.4) is 0 Å². The highest BCUT2D eigenvalue weighted by Crippen LogP contribution is 2.08. The third-order valence-corrected chi connectivity index (χ3v) is 3.47. The SMILES string of the molecule is CCOC(=O)C(CCC(=O)NCCSC(C)=O)NC(=O)OC(C)(C)C. The summed E-state index contributed by atoms with van der Waals surface area (Å²) in [5.74, 6) is -0.406. The molecule has 0 aliphatic heterocycles. The van der Waals surface area contributed by atoms with Crippen LogP contribution in [0.4, 0.5) is 4.79 Å². The summed E-state index contributed by atoms with van der Waals surface area (Å²) in [5.41, 5.74) is -0.699. The molecule has 25 heavy (non-hydrogen) atoms. The average Bonchev–Trinajstić information content (AvgIpc) is 2.46. The number of ether oxygens (including phenoxy) is 2. The van der Waals surface area contributed by atoms with Gasteiger partial charge in [-0.2, -0.15) is 0 Å². The second-order valence-corrected chi connectivity index (χ2v) is 7.45. The molecule has 0 saturated carbocycles. The van der Waals surface area contributed by atoms with Crippen LogP contribution in [0.1, 0.15) is 47.5 Å². The van der Waals surface area contributed by atoms with Gasteiger partial charge in [-0.25, -0.2) is 9.59 Å². The van der Waals surface area contributed by atoms with E-state index >= 15 is 0 Å². The molecule has 0 saturated heterocycles. The highest BCUT2D eigenvalue weighted by molar-refractivity contribution is 8.13. The van der Waals surface area contributed by atoms with Crippen LogP contribution < -0.4 is 10.6 Å². The van der Waals surface area contributed by atoms with E-state index in [0.29, 0.717) is 12.3 Å². The Balaban J connectivity index is 4.44. The summed E-state index contributed by atoms with van der Waals surface area (Å²) in [6.45, 7) is 8.75. The summed E-state index contributed by atoms with van der Waals surface area (Å²) in [6, 6.07) is -0.966. The third-order valence-electron chi connectivity index (χ3n) is 2.65. The minimum Gasteiger partial charge on any atom is -0.464 e. The molecule has 0 spiro atoms. The number of hydrogen-bond acceptors (Lipinski definition) is 7. The van der Waals surface area contributed by atoms with E-state index in [9.17, 15) is 19.2 Å². The van der Waals surface area contributed by atoms with E-state index in [1.165, 1.54) is 6.92 Å². The molecular weight excluding hydrogens is 348 g/mol. The Kier molecular flexibility index (Phi) is 10.9. The standard InChI is InChI=1S/C16H28N2O6S/c1-6-23-14(21)12(18-15(22)24-16(3,4)5)7-8-13(20)17-9-10-25-11(2)19/h12H,6-10H2,1-5H3,(H,17,20)(H,18,22). The van der Waals surface area contributed by atoms with Crippen LogP contribution in [0.5, 0.6) is 0 Å². The molecule has 9 heteroatoms. The lowest BCUT2D eigenvalue weighted by molar-refractivity contribution is -0.145. The molecule has 0 fully saturated rings. The van der Waals surface area contributed by atoms with Gasteiger partial charge in [-0.05, 0) is 34.1 Å². The Bertz CT molecular complexity index is 476. The molecule has 0 aromatic rings. The van der Waals surface area contributed by atoms with Gasteiger partial charge in [0.25, 0.3) is 0 Å². The Morgan fingerprint density at radius 2 is 1.80 bits per heavy atom. The first-order chi connectivity index (χ1) is 11.5. The molecule has 2 N–H and O–H groups in total. The maximum absolute atomic E-state index is 11.9. The highest BCUT2D eigenvalue weighted by atomic mass is 32.2. The van der Waals surface area contributed by atoms with Gasteiger partial charge in [0, 0.05) is 25.6 Å². The zero-order chi connectivity index (χ0) is 19.5. The fourth-order valence-corrected chi connectivity index (χ4v) is 2.18. The predicted molar refractivity (Wildman–Crippen MR) is 95.2 cm³/mol. The Morgan fingerprint density at radius 3 is 2.32 bits per heavy atom. The van der Waals surface area contributed by atoms with Crippen molar-refractivity contribution in [3.8, 4) is 0 Å². The molecule has 1 atom stereocenters. The number of esters is 1. The number of nitrogens with one attached hydrogen (secondary N) is 2. The maximum Gasteiger partial charge on any atom is 0.408 e. The molecule has 0 radical (unpaired) electrons. The zero-order valence-corrected chi connectivity index (χ0v) is 16.3. The quantitative estimate of drug-likeness (QED) is 0.465. The van der Waals surface area contributed by atoms with Crippen molar-refractivity contribution < 1.29 is 28.7 Å². The molecule has 0 heterocycles. The first-order valence-electron chi connectivity index (χ1n) is 8.11.